The summed E-state index contributed by atoms with van der Waals surface area (Å²) in [4.78, 5) is 11.9. The Hall–Kier alpha value is -0.610. The molecule has 0 saturated heterocycles. The van der Waals surface area contributed by atoms with Crippen molar-refractivity contribution in [3.8, 4) is 0 Å². The molecule has 2 unspecified atom stereocenters. The predicted molar refractivity (Wildman–Crippen MR) is 75.8 cm³/mol. The predicted octanol–water partition coefficient (Wildman–Crippen LogP) is 1.57. The van der Waals surface area contributed by atoms with Crippen LogP contribution < -0.4 is 10.6 Å². The fourth-order valence-electron chi connectivity index (χ4n) is 3.17. The van der Waals surface area contributed by atoms with Crippen LogP contribution in [0, 0.1) is 5.41 Å². The van der Waals surface area contributed by atoms with Crippen LogP contribution in [0.4, 0.5) is 0 Å². The fourth-order valence-corrected chi connectivity index (χ4v) is 3.17. The van der Waals surface area contributed by atoms with Crippen molar-refractivity contribution in [3.63, 3.8) is 0 Å². The van der Waals surface area contributed by atoms with Crippen molar-refractivity contribution in [1.82, 2.24) is 10.6 Å². The summed E-state index contributed by atoms with van der Waals surface area (Å²) in [6, 6.07) is 0.624. The highest BCUT2D eigenvalue weighted by Crippen LogP contribution is 2.40. The van der Waals surface area contributed by atoms with Gasteiger partial charge >= 0.3 is 0 Å². The van der Waals surface area contributed by atoms with Gasteiger partial charge in [0.05, 0.1) is 12.6 Å². The molecule has 2 rings (SSSR count). The van der Waals surface area contributed by atoms with E-state index in [-0.39, 0.29) is 23.5 Å². The summed E-state index contributed by atoms with van der Waals surface area (Å²) in [7, 11) is 0. The Morgan fingerprint density at radius 2 is 1.84 bits per heavy atom. The number of aliphatic hydroxyl groups excluding tert-OH is 1. The van der Waals surface area contributed by atoms with Gasteiger partial charge in [0.25, 0.3) is 0 Å². The van der Waals surface area contributed by atoms with Crippen LogP contribution >= 0.6 is 0 Å². The summed E-state index contributed by atoms with van der Waals surface area (Å²) in [6.45, 7) is 4.46. The van der Waals surface area contributed by atoms with E-state index in [1.165, 1.54) is 25.7 Å². The highest BCUT2D eigenvalue weighted by Gasteiger charge is 2.46. The molecule has 0 spiro atoms. The molecule has 0 bridgehead atoms. The zero-order chi connectivity index (χ0) is 13.9. The topological polar surface area (TPSA) is 61.4 Å². The van der Waals surface area contributed by atoms with Crippen LogP contribution in [0.2, 0.25) is 0 Å². The lowest BCUT2D eigenvalue weighted by atomic mass is 9.64. The normalized spacial score (nSPS) is 31.3. The maximum Gasteiger partial charge on any atom is 0.234 e. The standard InChI is InChI=1S/C15H28N2O2/c1-15(2)12(9-13(15)18)16-10-14(19)17-11-7-5-3-4-6-8-11/h11-13,16,18H,3-10H2,1-2H3,(H,17,19). The van der Waals surface area contributed by atoms with Crippen LogP contribution in [0.15, 0.2) is 0 Å². The molecule has 2 saturated carbocycles. The summed E-state index contributed by atoms with van der Waals surface area (Å²) in [5, 5.41) is 16.1. The van der Waals surface area contributed by atoms with E-state index in [0.29, 0.717) is 12.6 Å². The first-order valence-electron chi connectivity index (χ1n) is 7.71. The lowest BCUT2D eigenvalue weighted by molar-refractivity contribution is -0.122. The maximum absolute atomic E-state index is 11.9. The van der Waals surface area contributed by atoms with Crippen molar-refractivity contribution in [2.24, 2.45) is 5.41 Å². The van der Waals surface area contributed by atoms with Gasteiger partial charge in [-0.15, -0.1) is 0 Å². The van der Waals surface area contributed by atoms with Crippen molar-refractivity contribution in [2.45, 2.75) is 77.0 Å². The molecule has 110 valence electrons. The number of hydrogen-bond acceptors (Lipinski definition) is 3. The molecular formula is C15H28N2O2. The Labute approximate surface area is 116 Å². The SMILES string of the molecule is CC1(C)C(O)CC1NCC(=O)NC1CCCCCC1. The van der Waals surface area contributed by atoms with Crippen LogP contribution in [-0.4, -0.2) is 35.7 Å². The van der Waals surface area contributed by atoms with Gasteiger partial charge in [-0.2, -0.15) is 0 Å². The quantitative estimate of drug-likeness (QED) is 0.678. The molecule has 0 aliphatic heterocycles. The number of nitrogens with one attached hydrogen (secondary N) is 2. The Balaban J connectivity index is 1.67. The van der Waals surface area contributed by atoms with Gasteiger partial charge in [-0.25, -0.2) is 0 Å². The number of carbonyl (C=O) groups is 1. The third-order valence-corrected chi connectivity index (χ3v) is 4.95. The Bertz CT molecular complexity index is 309. The van der Waals surface area contributed by atoms with Gasteiger partial charge in [0.2, 0.25) is 5.91 Å². The fraction of sp³-hybridized carbons (Fsp3) is 0.933. The second-order valence-electron chi connectivity index (χ2n) is 6.76. The lowest BCUT2D eigenvalue weighted by Crippen LogP contribution is -2.61. The monoisotopic (exact) mass is 268 g/mol. The molecule has 0 aromatic rings. The minimum absolute atomic E-state index is 0.101. The van der Waals surface area contributed by atoms with E-state index >= 15 is 0 Å². The van der Waals surface area contributed by atoms with Crippen LogP contribution in [0.1, 0.15) is 58.8 Å². The van der Waals surface area contributed by atoms with Crippen molar-refractivity contribution in [2.75, 3.05) is 6.54 Å². The first-order valence-corrected chi connectivity index (χ1v) is 7.71. The second kappa shape index (κ2) is 6.23. The van der Waals surface area contributed by atoms with E-state index in [1.54, 1.807) is 0 Å². The molecule has 0 aromatic carbocycles. The number of amides is 1. The molecule has 0 radical (unpaired) electrons. The van der Waals surface area contributed by atoms with Crippen LogP contribution in [0.25, 0.3) is 0 Å². The minimum Gasteiger partial charge on any atom is -0.392 e. The van der Waals surface area contributed by atoms with Crippen LogP contribution in [0.5, 0.6) is 0 Å². The third kappa shape index (κ3) is 3.69. The number of carbonyl (C=O) groups excluding carboxylic acids is 1. The van der Waals surface area contributed by atoms with Gasteiger partial charge in [0.15, 0.2) is 0 Å². The zero-order valence-electron chi connectivity index (χ0n) is 12.2. The van der Waals surface area contributed by atoms with E-state index in [4.69, 9.17) is 0 Å². The Morgan fingerprint density at radius 3 is 2.37 bits per heavy atom. The van der Waals surface area contributed by atoms with Crippen LogP contribution in [-0.2, 0) is 4.79 Å². The summed E-state index contributed by atoms with van der Waals surface area (Å²) in [5.74, 6) is 0.101. The average Bonchev–Trinajstić information content (AvgIpc) is 2.62. The van der Waals surface area contributed by atoms with Gasteiger partial charge in [0, 0.05) is 17.5 Å². The van der Waals surface area contributed by atoms with Gasteiger partial charge in [-0.05, 0) is 19.3 Å². The van der Waals surface area contributed by atoms with Gasteiger partial charge < -0.3 is 15.7 Å². The number of aliphatic hydroxyl groups is 1. The third-order valence-electron chi connectivity index (χ3n) is 4.95. The zero-order valence-corrected chi connectivity index (χ0v) is 12.2. The highest BCUT2D eigenvalue weighted by molar-refractivity contribution is 5.78. The molecule has 1 amide bonds. The Kier molecular flexibility index (Phi) is 4.85. The van der Waals surface area contributed by atoms with E-state index in [1.807, 2.05) is 13.8 Å². The van der Waals surface area contributed by atoms with Gasteiger partial charge in [0.1, 0.15) is 0 Å². The van der Waals surface area contributed by atoms with Gasteiger partial charge in [-0.1, -0.05) is 39.5 Å². The number of rotatable bonds is 4. The molecule has 4 nitrogen and oxygen atoms in total. The molecule has 2 atom stereocenters. The minimum atomic E-state index is -0.241. The average molecular weight is 268 g/mol. The van der Waals surface area contributed by atoms with E-state index in [9.17, 15) is 9.90 Å². The molecule has 19 heavy (non-hydrogen) atoms. The largest absolute Gasteiger partial charge is 0.392 e. The maximum atomic E-state index is 11.9. The van der Waals surface area contributed by atoms with Crippen molar-refractivity contribution in [1.29, 1.82) is 0 Å². The molecule has 0 heterocycles. The molecular weight excluding hydrogens is 240 g/mol. The first-order chi connectivity index (χ1) is 9.00. The molecule has 0 aromatic heterocycles. The van der Waals surface area contributed by atoms with Crippen LogP contribution in [0.3, 0.4) is 0 Å². The molecule has 2 aliphatic carbocycles. The number of hydrogen-bond donors (Lipinski definition) is 3. The lowest BCUT2D eigenvalue weighted by Gasteiger charge is -2.49. The van der Waals surface area contributed by atoms with Crippen molar-refractivity contribution < 1.29 is 9.90 Å². The summed E-state index contributed by atoms with van der Waals surface area (Å²) in [5.41, 5.74) is -0.109. The molecule has 2 aliphatic rings. The molecule has 4 heteroatoms. The van der Waals surface area contributed by atoms with Gasteiger partial charge in [-0.3, -0.25) is 4.79 Å². The summed E-state index contributed by atoms with van der Waals surface area (Å²) in [6.07, 6.45) is 7.84. The van der Waals surface area contributed by atoms with Crippen molar-refractivity contribution in [3.05, 3.63) is 0 Å². The Morgan fingerprint density at radius 1 is 1.21 bits per heavy atom. The smallest absolute Gasteiger partial charge is 0.234 e. The summed E-state index contributed by atoms with van der Waals surface area (Å²) < 4.78 is 0. The highest BCUT2D eigenvalue weighted by atomic mass is 16.3. The summed E-state index contributed by atoms with van der Waals surface area (Å²) >= 11 is 0. The molecule has 2 fully saturated rings. The van der Waals surface area contributed by atoms with Crippen molar-refractivity contribution >= 4 is 5.91 Å². The molecule has 3 N–H and O–H groups in total. The first kappa shape index (κ1) is 14.8. The van der Waals surface area contributed by atoms with E-state index in [2.05, 4.69) is 10.6 Å². The van der Waals surface area contributed by atoms with E-state index < -0.39 is 0 Å². The second-order valence-corrected chi connectivity index (χ2v) is 6.76. The van der Waals surface area contributed by atoms with E-state index in [0.717, 1.165) is 19.3 Å².